The number of halogens is 6. The van der Waals surface area contributed by atoms with Crippen molar-refractivity contribution in [2.75, 3.05) is 57.3 Å². The number of carbonyl (C=O) groups excluding carboxylic acids is 1. The molecule has 3 heterocycles. The average molecular weight is 658 g/mol. The lowest BCUT2D eigenvalue weighted by Gasteiger charge is -2.45. The number of hydrogen-bond donors (Lipinski definition) is 0. The van der Waals surface area contributed by atoms with Gasteiger partial charge in [-0.3, -0.25) is 14.5 Å². The van der Waals surface area contributed by atoms with E-state index in [4.69, 9.17) is 16.3 Å². The van der Waals surface area contributed by atoms with Gasteiger partial charge in [0, 0.05) is 61.9 Å². The number of piperidine rings is 1. The lowest BCUT2D eigenvalue weighted by Crippen LogP contribution is -2.54. The summed E-state index contributed by atoms with van der Waals surface area (Å²) >= 11 is 6.51. The highest BCUT2D eigenvalue weighted by Crippen LogP contribution is 2.44. The fraction of sp³-hybridized carbons (Fsp3) is 0.625. The van der Waals surface area contributed by atoms with Crippen molar-refractivity contribution in [1.29, 1.82) is 0 Å². The predicted molar refractivity (Wildman–Crippen MR) is 163 cm³/mol. The second-order valence-corrected chi connectivity index (χ2v) is 12.8. The first-order chi connectivity index (χ1) is 21.4. The summed E-state index contributed by atoms with van der Waals surface area (Å²) < 4.78 is 73.4. The third-order valence-electron chi connectivity index (χ3n) is 9.65. The molecule has 0 amide bonds. The molecule has 7 nitrogen and oxygen atoms in total. The Morgan fingerprint density at radius 3 is 2.49 bits per heavy atom. The minimum atomic E-state index is -4.19. The van der Waals surface area contributed by atoms with Gasteiger partial charge in [-0.15, -0.1) is 0 Å². The highest BCUT2D eigenvalue weighted by atomic mass is 35.5. The molecule has 5 rings (SSSR count). The fourth-order valence-corrected chi connectivity index (χ4v) is 7.39. The second-order valence-electron chi connectivity index (χ2n) is 12.4. The Bertz CT molecular complexity index is 1360. The molecule has 248 valence electrons. The van der Waals surface area contributed by atoms with Crippen LogP contribution in [0.3, 0.4) is 0 Å². The summed E-state index contributed by atoms with van der Waals surface area (Å²) in [5.74, 6) is -0.284. The lowest BCUT2D eigenvalue weighted by molar-refractivity contribution is -0.150. The smallest absolute Gasteiger partial charge is 0.401 e. The molecule has 1 aromatic heterocycles. The first-order valence-corrected chi connectivity index (χ1v) is 16.0. The van der Waals surface area contributed by atoms with Gasteiger partial charge < -0.3 is 9.64 Å². The Hall–Kier alpha value is -2.70. The number of aromatic nitrogens is 2. The van der Waals surface area contributed by atoms with E-state index in [2.05, 4.69) is 40.9 Å². The van der Waals surface area contributed by atoms with Crippen LogP contribution in [-0.4, -0.2) is 90.2 Å². The topological polar surface area (TPSA) is 53.8 Å². The van der Waals surface area contributed by atoms with Crippen molar-refractivity contribution >= 4 is 23.3 Å². The molecule has 1 aliphatic carbocycles. The van der Waals surface area contributed by atoms with E-state index >= 15 is 0 Å². The van der Waals surface area contributed by atoms with Crippen molar-refractivity contribution < 1.29 is 31.5 Å². The quantitative estimate of drug-likeness (QED) is 0.174. The van der Waals surface area contributed by atoms with Crippen molar-refractivity contribution in [3.8, 4) is 0 Å². The number of benzene rings is 1. The van der Waals surface area contributed by atoms with E-state index < -0.39 is 30.8 Å². The summed E-state index contributed by atoms with van der Waals surface area (Å²) in [5, 5.41) is 4.80. The van der Waals surface area contributed by atoms with Crippen molar-refractivity contribution in [1.82, 2.24) is 19.6 Å². The third-order valence-corrected chi connectivity index (χ3v) is 9.89. The molecule has 2 aromatic rings. The van der Waals surface area contributed by atoms with Crippen molar-refractivity contribution in [2.24, 2.45) is 11.8 Å². The first-order valence-electron chi connectivity index (χ1n) is 15.7. The molecule has 0 N–H and O–H groups in total. The first kappa shape index (κ1) is 33.7. The largest absolute Gasteiger partial charge is 0.462 e. The molecule has 0 bridgehead atoms. The van der Waals surface area contributed by atoms with Crippen LogP contribution in [0.15, 0.2) is 36.5 Å². The highest BCUT2D eigenvalue weighted by molar-refractivity contribution is 6.30. The number of hydrogen-bond acceptors (Lipinski definition) is 6. The molecular formula is C32H41ClF5N5O2. The maximum absolute atomic E-state index is 14.2. The molecule has 2 saturated heterocycles. The van der Waals surface area contributed by atoms with Crippen LogP contribution in [0, 0.1) is 11.8 Å². The number of carbonyl (C=O) groups is 1. The van der Waals surface area contributed by atoms with Crippen LogP contribution in [-0.2, 0) is 4.74 Å². The Morgan fingerprint density at radius 2 is 1.82 bits per heavy atom. The minimum Gasteiger partial charge on any atom is -0.462 e. The predicted octanol–water partition coefficient (Wildman–Crippen LogP) is 6.97. The molecule has 3 aliphatic rings. The van der Waals surface area contributed by atoms with E-state index in [-0.39, 0.29) is 42.0 Å². The minimum absolute atomic E-state index is 0.0622. The normalized spacial score (nSPS) is 26.9. The SMILES string of the molecule is CCOC(=O)c1cnn(C2CCCN(c3cc(Cl)ccc3C3C=CC(N4CCN(CC(F)(F)F)CC4)C(C)C3C)C2)c1C(F)F. The molecule has 0 saturated carbocycles. The van der Waals surface area contributed by atoms with Gasteiger partial charge >= 0.3 is 12.1 Å². The molecule has 2 fully saturated rings. The zero-order valence-electron chi connectivity index (χ0n) is 25.8. The summed E-state index contributed by atoms with van der Waals surface area (Å²) in [4.78, 5) is 18.3. The summed E-state index contributed by atoms with van der Waals surface area (Å²) in [7, 11) is 0. The standard InChI is InChI=1S/C32H41ClF5N5O2/c1-4-45-31(44)26-17-39-43(29(26)30(34)35)23-6-5-11-42(18-23)28-16-22(33)7-8-25(28)24-9-10-27(21(3)20(24)2)41-14-12-40(13-15-41)19-32(36,37)38/h7-10,16-17,20-21,23-24,27,30H,4-6,11-15,18-19H2,1-3H3. The van der Waals surface area contributed by atoms with Gasteiger partial charge in [0.1, 0.15) is 11.3 Å². The molecule has 13 heteroatoms. The van der Waals surface area contributed by atoms with Crippen LogP contribution in [0.25, 0.3) is 0 Å². The number of esters is 1. The second kappa shape index (κ2) is 14.0. The van der Waals surface area contributed by atoms with Crippen molar-refractivity contribution in [2.45, 2.75) is 64.2 Å². The molecule has 2 aliphatic heterocycles. The van der Waals surface area contributed by atoms with Crippen LogP contribution in [0.1, 0.15) is 73.6 Å². The van der Waals surface area contributed by atoms with Crippen LogP contribution < -0.4 is 4.90 Å². The molecule has 45 heavy (non-hydrogen) atoms. The maximum Gasteiger partial charge on any atom is 0.401 e. The number of rotatable bonds is 8. The summed E-state index contributed by atoms with van der Waals surface area (Å²) in [6.07, 6.45) is -0.137. The van der Waals surface area contributed by atoms with E-state index in [0.29, 0.717) is 50.7 Å². The number of piperazine rings is 1. The lowest BCUT2D eigenvalue weighted by atomic mass is 9.71. The molecule has 5 unspecified atom stereocenters. The van der Waals surface area contributed by atoms with Gasteiger partial charge in [-0.2, -0.15) is 18.3 Å². The third kappa shape index (κ3) is 7.49. The highest BCUT2D eigenvalue weighted by Gasteiger charge is 2.39. The van der Waals surface area contributed by atoms with E-state index in [0.717, 1.165) is 17.7 Å². The Labute approximate surface area is 265 Å². The van der Waals surface area contributed by atoms with Crippen molar-refractivity contribution in [3.63, 3.8) is 0 Å². The van der Waals surface area contributed by atoms with Crippen LogP contribution in [0.2, 0.25) is 5.02 Å². The molecule has 0 radical (unpaired) electrons. The Morgan fingerprint density at radius 1 is 1.09 bits per heavy atom. The van der Waals surface area contributed by atoms with E-state index in [1.807, 2.05) is 18.2 Å². The fourth-order valence-electron chi connectivity index (χ4n) is 7.23. The van der Waals surface area contributed by atoms with Gasteiger partial charge in [0.2, 0.25) is 0 Å². The van der Waals surface area contributed by atoms with Gasteiger partial charge in [0.05, 0.1) is 25.4 Å². The van der Waals surface area contributed by atoms with E-state index in [9.17, 15) is 26.7 Å². The summed E-state index contributed by atoms with van der Waals surface area (Å²) in [6.45, 7) is 8.30. The Kier molecular flexibility index (Phi) is 10.4. The number of nitrogens with zero attached hydrogens (tertiary/aromatic N) is 5. The molecular weight excluding hydrogens is 617 g/mol. The van der Waals surface area contributed by atoms with E-state index in [1.54, 1.807) is 6.92 Å². The van der Waals surface area contributed by atoms with Crippen LogP contribution in [0.4, 0.5) is 27.6 Å². The van der Waals surface area contributed by atoms with Crippen LogP contribution in [0.5, 0.6) is 0 Å². The zero-order valence-corrected chi connectivity index (χ0v) is 26.6. The molecule has 0 spiro atoms. The van der Waals surface area contributed by atoms with Gasteiger partial charge in [0.15, 0.2) is 0 Å². The maximum atomic E-state index is 14.2. The molecule has 1 aromatic carbocycles. The van der Waals surface area contributed by atoms with Gasteiger partial charge in [-0.1, -0.05) is 43.7 Å². The number of allylic oxidation sites excluding steroid dienone is 1. The number of alkyl halides is 5. The van der Waals surface area contributed by atoms with E-state index in [1.165, 1.54) is 15.8 Å². The summed E-state index contributed by atoms with van der Waals surface area (Å²) in [5.41, 5.74) is 1.40. The number of ether oxygens (including phenoxy) is 1. The molecule has 5 atom stereocenters. The van der Waals surface area contributed by atoms with Gasteiger partial charge in [-0.25, -0.2) is 13.6 Å². The zero-order chi connectivity index (χ0) is 32.5. The number of anilines is 1. The monoisotopic (exact) mass is 657 g/mol. The Balaban J connectivity index is 1.35. The van der Waals surface area contributed by atoms with Crippen LogP contribution >= 0.6 is 11.6 Å². The van der Waals surface area contributed by atoms with Crippen molar-refractivity contribution in [3.05, 3.63) is 58.4 Å². The average Bonchev–Trinajstić information content (AvgIpc) is 3.45. The summed E-state index contributed by atoms with van der Waals surface area (Å²) in [6, 6.07) is 5.58. The van der Waals surface area contributed by atoms with Gasteiger partial charge in [-0.05, 0) is 49.3 Å². The van der Waals surface area contributed by atoms with Gasteiger partial charge in [0.25, 0.3) is 6.43 Å².